The van der Waals surface area contributed by atoms with Crippen LogP contribution < -0.4 is 0 Å². The highest BCUT2D eigenvalue weighted by atomic mass is 16.5. The smallest absolute Gasteiger partial charge is 0.193 e. The number of rotatable bonds is 4. The van der Waals surface area contributed by atoms with E-state index in [4.69, 9.17) is 9.15 Å². The van der Waals surface area contributed by atoms with Gasteiger partial charge in [0, 0.05) is 20.1 Å². The molecule has 0 amide bonds. The van der Waals surface area contributed by atoms with Crippen LogP contribution in [0.25, 0.3) is 0 Å². The van der Waals surface area contributed by atoms with Crippen molar-refractivity contribution in [2.24, 2.45) is 0 Å². The van der Waals surface area contributed by atoms with Crippen molar-refractivity contribution in [2.75, 3.05) is 13.7 Å². The van der Waals surface area contributed by atoms with E-state index in [9.17, 15) is 0 Å². The van der Waals surface area contributed by atoms with Crippen molar-refractivity contribution < 1.29 is 9.15 Å². The summed E-state index contributed by atoms with van der Waals surface area (Å²) in [6, 6.07) is 0. The van der Waals surface area contributed by atoms with E-state index in [0.717, 1.165) is 25.3 Å². The molecule has 0 unspecified atom stereocenters. The van der Waals surface area contributed by atoms with Gasteiger partial charge in [0.1, 0.15) is 6.26 Å². The third-order valence-corrected chi connectivity index (χ3v) is 1.22. The second-order valence-corrected chi connectivity index (χ2v) is 2.02. The van der Waals surface area contributed by atoms with Crippen LogP contribution in [0.5, 0.6) is 0 Å². The largest absolute Gasteiger partial charge is 0.449 e. The van der Waals surface area contributed by atoms with Gasteiger partial charge in [-0.3, -0.25) is 0 Å². The Kier molecular flexibility index (Phi) is 2.96. The molecule has 3 nitrogen and oxygen atoms in total. The number of aryl methyl sites for hydroxylation is 1. The zero-order valence-electron chi connectivity index (χ0n) is 6.04. The fraction of sp³-hybridized carbons (Fsp3) is 0.571. The molecule has 0 fully saturated rings. The van der Waals surface area contributed by atoms with Crippen LogP contribution in [0.4, 0.5) is 0 Å². The normalized spacial score (nSPS) is 10.1. The van der Waals surface area contributed by atoms with Crippen LogP contribution in [0.2, 0.25) is 0 Å². The van der Waals surface area contributed by atoms with Gasteiger partial charge in [0.25, 0.3) is 0 Å². The Morgan fingerprint density at radius 3 is 3.20 bits per heavy atom. The summed E-state index contributed by atoms with van der Waals surface area (Å²) < 4.78 is 9.88. The Morgan fingerprint density at radius 2 is 2.60 bits per heavy atom. The van der Waals surface area contributed by atoms with E-state index in [1.54, 1.807) is 19.6 Å². The first-order valence-corrected chi connectivity index (χ1v) is 3.31. The molecule has 0 atom stereocenters. The summed E-state index contributed by atoms with van der Waals surface area (Å²) in [7, 11) is 1.69. The standard InChI is InChI=1S/C7H11NO2/c1-9-5-2-3-7-8-4-6-10-7/h4,6H,2-3,5H2,1H3. The van der Waals surface area contributed by atoms with Gasteiger partial charge in [0.2, 0.25) is 0 Å². The quantitative estimate of drug-likeness (QED) is 0.592. The number of methoxy groups -OCH3 is 1. The highest BCUT2D eigenvalue weighted by Gasteiger charge is 1.94. The minimum Gasteiger partial charge on any atom is -0.449 e. The number of ether oxygens (including phenoxy) is 1. The highest BCUT2D eigenvalue weighted by Crippen LogP contribution is 1.98. The Morgan fingerprint density at radius 1 is 1.70 bits per heavy atom. The van der Waals surface area contributed by atoms with Crippen LogP contribution in [0.3, 0.4) is 0 Å². The first-order chi connectivity index (χ1) is 4.93. The van der Waals surface area contributed by atoms with Crippen molar-refractivity contribution in [2.45, 2.75) is 12.8 Å². The molecule has 1 heterocycles. The summed E-state index contributed by atoms with van der Waals surface area (Å²) >= 11 is 0. The summed E-state index contributed by atoms with van der Waals surface area (Å²) in [5.41, 5.74) is 0. The topological polar surface area (TPSA) is 35.3 Å². The average molecular weight is 141 g/mol. The van der Waals surface area contributed by atoms with E-state index < -0.39 is 0 Å². The lowest BCUT2D eigenvalue weighted by Crippen LogP contribution is -1.91. The molecule has 1 rings (SSSR count). The fourth-order valence-corrected chi connectivity index (χ4v) is 0.744. The molecule has 3 heteroatoms. The molecule has 1 aromatic rings. The lowest BCUT2D eigenvalue weighted by atomic mass is 10.3. The molecule has 56 valence electrons. The maximum Gasteiger partial charge on any atom is 0.193 e. The zero-order chi connectivity index (χ0) is 7.23. The maximum absolute atomic E-state index is 5.01. The van der Waals surface area contributed by atoms with Gasteiger partial charge in [-0.25, -0.2) is 4.98 Å². The minimum absolute atomic E-state index is 0.766. The van der Waals surface area contributed by atoms with Gasteiger partial charge in [-0.15, -0.1) is 0 Å². The van der Waals surface area contributed by atoms with Gasteiger partial charge in [0.15, 0.2) is 5.89 Å². The lowest BCUT2D eigenvalue weighted by molar-refractivity contribution is 0.193. The molecule has 0 saturated heterocycles. The minimum atomic E-state index is 0.766. The molecule has 0 aliphatic rings. The van der Waals surface area contributed by atoms with Gasteiger partial charge in [-0.05, 0) is 6.42 Å². The average Bonchev–Trinajstić information content (AvgIpc) is 2.41. The van der Waals surface area contributed by atoms with Crippen molar-refractivity contribution in [1.82, 2.24) is 4.98 Å². The molecule has 0 aliphatic heterocycles. The molecule has 0 N–H and O–H groups in total. The second-order valence-electron chi connectivity index (χ2n) is 2.02. The Balaban J connectivity index is 2.15. The van der Waals surface area contributed by atoms with E-state index in [1.165, 1.54) is 0 Å². The van der Waals surface area contributed by atoms with Gasteiger partial charge >= 0.3 is 0 Å². The van der Waals surface area contributed by atoms with Crippen LogP contribution in [0.1, 0.15) is 12.3 Å². The van der Waals surface area contributed by atoms with Gasteiger partial charge in [0.05, 0.1) is 6.20 Å². The highest BCUT2D eigenvalue weighted by molar-refractivity contribution is 4.79. The van der Waals surface area contributed by atoms with E-state index >= 15 is 0 Å². The summed E-state index contributed by atoms with van der Waals surface area (Å²) in [5.74, 6) is 0.789. The van der Waals surface area contributed by atoms with Crippen molar-refractivity contribution in [3.05, 3.63) is 18.4 Å². The first kappa shape index (κ1) is 7.28. The molecule has 0 bridgehead atoms. The van der Waals surface area contributed by atoms with Gasteiger partial charge in [-0.2, -0.15) is 0 Å². The van der Waals surface area contributed by atoms with Crippen LogP contribution in [-0.2, 0) is 11.2 Å². The lowest BCUT2D eigenvalue weighted by Gasteiger charge is -1.93. The van der Waals surface area contributed by atoms with Crippen molar-refractivity contribution in [3.63, 3.8) is 0 Å². The molecular formula is C7H11NO2. The van der Waals surface area contributed by atoms with E-state index in [0.29, 0.717) is 0 Å². The monoisotopic (exact) mass is 141 g/mol. The van der Waals surface area contributed by atoms with Crippen molar-refractivity contribution in [1.29, 1.82) is 0 Å². The molecule has 0 saturated carbocycles. The number of hydrogen-bond donors (Lipinski definition) is 0. The summed E-state index contributed by atoms with van der Waals surface area (Å²) in [6.45, 7) is 0.766. The number of nitrogens with zero attached hydrogens (tertiary/aromatic N) is 1. The Hall–Kier alpha value is -0.830. The fourth-order valence-electron chi connectivity index (χ4n) is 0.744. The molecule has 1 aromatic heterocycles. The summed E-state index contributed by atoms with van der Waals surface area (Å²) in [4.78, 5) is 3.97. The maximum atomic E-state index is 5.01. The van der Waals surface area contributed by atoms with Crippen LogP contribution in [0, 0.1) is 0 Å². The van der Waals surface area contributed by atoms with E-state index in [1.807, 2.05) is 0 Å². The van der Waals surface area contributed by atoms with E-state index in [2.05, 4.69) is 4.98 Å². The van der Waals surface area contributed by atoms with E-state index in [-0.39, 0.29) is 0 Å². The molecule has 0 aliphatic carbocycles. The van der Waals surface area contributed by atoms with Gasteiger partial charge in [-0.1, -0.05) is 0 Å². The predicted octanol–water partition coefficient (Wildman–Crippen LogP) is 1.25. The molecule has 0 aromatic carbocycles. The molecule has 0 radical (unpaired) electrons. The third-order valence-electron chi connectivity index (χ3n) is 1.22. The SMILES string of the molecule is COCCCc1ncco1. The van der Waals surface area contributed by atoms with Gasteiger partial charge < -0.3 is 9.15 Å². The summed E-state index contributed by atoms with van der Waals surface area (Å²) in [5, 5.41) is 0. The van der Waals surface area contributed by atoms with Crippen LogP contribution >= 0.6 is 0 Å². The predicted molar refractivity (Wildman–Crippen MR) is 36.7 cm³/mol. The Labute approximate surface area is 60.0 Å². The Bertz CT molecular complexity index is 160. The second kappa shape index (κ2) is 4.06. The van der Waals surface area contributed by atoms with Crippen molar-refractivity contribution >= 4 is 0 Å². The number of aromatic nitrogens is 1. The van der Waals surface area contributed by atoms with Crippen LogP contribution in [0.15, 0.2) is 16.9 Å². The molecular weight excluding hydrogens is 130 g/mol. The molecule has 10 heavy (non-hydrogen) atoms. The van der Waals surface area contributed by atoms with Crippen molar-refractivity contribution in [3.8, 4) is 0 Å². The third kappa shape index (κ3) is 2.19. The zero-order valence-corrected chi connectivity index (χ0v) is 6.04. The summed E-state index contributed by atoms with van der Waals surface area (Å²) in [6.07, 6.45) is 5.07. The number of hydrogen-bond acceptors (Lipinski definition) is 3. The number of oxazole rings is 1. The van der Waals surface area contributed by atoms with Crippen LogP contribution in [-0.4, -0.2) is 18.7 Å². The molecule has 0 spiro atoms. The first-order valence-electron chi connectivity index (χ1n) is 3.31.